The third kappa shape index (κ3) is 4.36. The number of hydrogen-bond donors (Lipinski definition) is 2. The fourth-order valence-electron chi connectivity index (χ4n) is 1.55. The lowest BCUT2D eigenvalue weighted by Gasteiger charge is -2.10. The Bertz CT molecular complexity index is 495. The number of carboxylic acids is 1. The second-order valence-corrected chi connectivity index (χ2v) is 4.20. The Balaban J connectivity index is 2.78. The molecular weight excluding hydrogens is 264 g/mol. The molecular formula is C13H16N2O5. The summed E-state index contributed by atoms with van der Waals surface area (Å²) in [7, 11) is 0. The second-order valence-electron chi connectivity index (χ2n) is 4.20. The summed E-state index contributed by atoms with van der Waals surface area (Å²) >= 11 is 0. The number of nitrogens with zero attached hydrogens (tertiary/aromatic N) is 1. The van der Waals surface area contributed by atoms with Gasteiger partial charge in [0.1, 0.15) is 5.69 Å². The summed E-state index contributed by atoms with van der Waals surface area (Å²) in [4.78, 5) is 21.4. The Morgan fingerprint density at radius 3 is 2.80 bits per heavy atom. The summed E-state index contributed by atoms with van der Waals surface area (Å²) in [5.41, 5.74) is 0.440. The highest BCUT2D eigenvalue weighted by Gasteiger charge is 2.20. The van der Waals surface area contributed by atoms with E-state index in [1.807, 2.05) is 6.92 Å². The normalized spacial score (nSPS) is 10.1. The van der Waals surface area contributed by atoms with E-state index in [1.54, 1.807) is 0 Å². The van der Waals surface area contributed by atoms with Gasteiger partial charge in [-0.3, -0.25) is 10.1 Å². The van der Waals surface area contributed by atoms with Crippen LogP contribution in [0.5, 0.6) is 0 Å². The quantitative estimate of drug-likeness (QED) is 0.328. The zero-order chi connectivity index (χ0) is 15.1. The van der Waals surface area contributed by atoms with Gasteiger partial charge in [0.05, 0.1) is 23.7 Å². The number of hydrogen-bond acceptors (Lipinski definition) is 5. The van der Waals surface area contributed by atoms with Crippen LogP contribution in [0.2, 0.25) is 0 Å². The monoisotopic (exact) mass is 280 g/mol. The molecule has 1 aromatic carbocycles. The number of aromatic carboxylic acids is 1. The largest absolute Gasteiger partial charge is 0.478 e. The summed E-state index contributed by atoms with van der Waals surface area (Å²) in [5, 5.41) is 22.7. The predicted molar refractivity (Wildman–Crippen MR) is 74.2 cm³/mol. The predicted octanol–water partition coefficient (Wildman–Crippen LogP) is 2.30. The van der Waals surface area contributed by atoms with Crippen molar-refractivity contribution in [3.8, 4) is 0 Å². The van der Waals surface area contributed by atoms with Crippen LogP contribution in [0, 0.1) is 10.1 Å². The van der Waals surface area contributed by atoms with E-state index in [0.29, 0.717) is 6.61 Å². The van der Waals surface area contributed by atoms with E-state index in [9.17, 15) is 14.9 Å². The minimum absolute atomic E-state index is 0.0103. The van der Waals surface area contributed by atoms with Crippen molar-refractivity contribution < 1.29 is 19.6 Å². The van der Waals surface area contributed by atoms with E-state index in [2.05, 4.69) is 11.9 Å². The Labute approximate surface area is 116 Å². The molecule has 0 saturated carbocycles. The smallest absolute Gasteiger partial charge is 0.338 e. The van der Waals surface area contributed by atoms with Gasteiger partial charge >= 0.3 is 5.97 Å². The maximum atomic E-state index is 11.1. The molecule has 108 valence electrons. The molecule has 0 bridgehead atoms. The van der Waals surface area contributed by atoms with E-state index in [4.69, 9.17) is 9.84 Å². The highest BCUT2D eigenvalue weighted by atomic mass is 16.6. The molecule has 0 heterocycles. The number of carbonyl (C=O) groups is 1. The first kappa shape index (κ1) is 15.6. The molecule has 0 unspecified atom stereocenters. The van der Waals surface area contributed by atoms with E-state index >= 15 is 0 Å². The van der Waals surface area contributed by atoms with Gasteiger partial charge in [0.25, 0.3) is 5.69 Å². The van der Waals surface area contributed by atoms with Crippen LogP contribution in [0.4, 0.5) is 11.4 Å². The molecule has 0 radical (unpaired) electrons. The topological polar surface area (TPSA) is 102 Å². The summed E-state index contributed by atoms with van der Waals surface area (Å²) in [5.74, 6) is -1.22. The van der Waals surface area contributed by atoms with Gasteiger partial charge in [-0.2, -0.15) is 0 Å². The molecule has 0 aromatic heterocycles. The van der Waals surface area contributed by atoms with Crippen LogP contribution in [0.15, 0.2) is 30.4 Å². The molecule has 0 aliphatic carbocycles. The molecule has 0 fully saturated rings. The number of anilines is 1. The fraction of sp³-hybridized carbons (Fsp3) is 0.308. The maximum absolute atomic E-state index is 11.1. The van der Waals surface area contributed by atoms with E-state index in [-0.39, 0.29) is 30.1 Å². The van der Waals surface area contributed by atoms with Gasteiger partial charge in [-0.1, -0.05) is 18.2 Å². The lowest BCUT2D eigenvalue weighted by atomic mass is 10.1. The molecule has 0 saturated heterocycles. The highest BCUT2D eigenvalue weighted by molar-refractivity contribution is 5.96. The first-order valence-corrected chi connectivity index (χ1v) is 5.90. The number of ether oxygens (including phenoxy) is 1. The van der Waals surface area contributed by atoms with Crippen molar-refractivity contribution in [1.82, 2.24) is 0 Å². The number of carboxylic acid groups (broad SMARTS) is 1. The van der Waals surface area contributed by atoms with Crippen molar-refractivity contribution in [3.05, 3.63) is 46.0 Å². The van der Waals surface area contributed by atoms with Crippen LogP contribution >= 0.6 is 0 Å². The molecule has 2 N–H and O–H groups in total. The molecule has 0 amide bonds. The lowest BCUT2D eigenvalue weighted by molar-refractivity contribution is -0.384. The van der Waals surface area contributed by atoms with Crippen LogP contribution in [-0.2, 0) is 4.74 Å². The van der Waals surface area contributed by atoms with Crippen molar-refractivity contribution in [1.29, 1.82) is 0 Å². The second kappa shape index (κ2) is 7.25. The van der Waals surface area contributed by atoms with Crippen LogP contribution in [0.25, 0.3) is 0 Å². The maximum Gasteiger partial charge on any atom is 0.338 e. The average Bonchev–Trinajstić information content (AvgIpc) is 2.37. The number of nitro benzene ring substituents is 1. The van der Waals surface area contributed by atoms with Crippen molar-refractivity contribution in [2.75, 3.05) is 25.1 Å². The number of rotatable bonds is 8. The molecule has 0 aliphatic rings. The number of nitrogens with one attached hydrogen (secondary N) is 1. The molecule has 1 rings (SSSR count). The molecule has 0 spiro atoms. The van der Waals surface area contributed by atoms with Crippen LogP contribution < -0.4 is 5.32 Å². The third-order valence-corrected chi connectivity index (χ3v) is 2.37. The minimum Gasteiger partial charge on any atom is -0.478 e. The Kier molecular flexibility index (Phi) is 5.67. The first-order valence-electron chi connectivity index (χ1n) is 5.90. The number of benzene rings is 1. The van der Waals surface area contributed by atoms with Crippen molar-refractivity contribution in [3.63, 3.8) is 0 Å². The Hall–Kier alpha value is -2.41. The van der Waals surface area contributed by atoms with Crippen LogP contribution in [0.1, 0.15) is 17.3 Å². The van der Waals surface area contributed by atoms with E-state index in [0.717, 1.165) is 5.57 Å². The summed E-state index contributed by atoms with van der Waals surface area (Å²) in [6.45, 7) is 6.44. The van der Waals surface area contributed by atoms with E-state index < -0.39 is 10.9 Å². The SMILES string of the molecule is C=C(C)COCCNc1c(C(=O)O)cccc1[N+](=O)[O-]. The highest BCUT2D eigenvalue weighted by Crippen LogP contribution is 2.28. The average molecular weight is 280 g/mol. The Morgan fingerprint density at radius 2 is 2.25 bits per heavy atom. The molecule has 7 nitrogen and oxygen atoms in total. The van der Waals surface area contributed by atoms with E-state index in [1.165, 1.54) is 18.2 Å². The summed E-state index contributed by atoms with van der Waals surface area (Å²) in [6, 6.07) is 3.90. The first-order chi connectivity index (χ1) is 9.43. The Morgan fingerprint density at radius 1 is 1.55 bits per heavy atom. The molecule has 7 heteroatoms. The zero-order valence-electron chi connectivity index (χ0n) is 11.1. The van der Waals surface area contributed by atoms with Gasteiger partial charge in [0.2, 0.25) is 0 Å². The van der Waals surface area contributed by atoms with Crippen molar-refractivity contribution >= 4 is 17.3 Å². The summed E-state index contributed by atoms with van der Waals surface area (Å²) in [6.07, 6.45) is 0. The van der Waals surface area contributed by atoms with Gasteiger partial charge in [-0.25, -0.2) is 4.79 Å². The lowest BCUT2D eigenvalue weighted by Crippen LogP contribution is -2.14. The molecule has 0 aliphatic heterocycles. The third-order valence-electron chi connectivity index (χ3n) is 2.37. The van der Waals surface area contributed by atoms with Crippen molar-refractivity contribution in [2.24, 2.45) is 0 Å². The van der Waals surface area contributed by atoms with Gasteiger partial charge in [-0.15, -0.1) is 0 Å². The zero-order valence-corrected chi connectivity index (χ0v) is 11.1. The van der Waals surface area contributed by atoms with Crippen LogP contribution in [0.3, 0.4) is 0 Å². The molecule has 20 heavy (non-hydrogen) atoms. The minimum atomic E-state index is -1.22. The molecule has 0 atom stereocenters. The van der Waals surface area contributed by atoms with Gasteiger partial charge in [0, 0.05) is 12.6 Å². The van der Waals surface area contributed by atoms with Crippen molar-refractivity contribution in [2.45, 2.75) is 6.92 Å². The molecule has 1 aromatic rings. The standard InChI is InChI=1S/C13H16N2O5/c1-9(2)8-20-7-6-14-12-10(13(16)17)4-3-5-11(12)15(18)19/h3-5,14H,1,6-8H2,2H3,(H,16,17). The summed E-state index contributed by atoms with van der Waals surface area (Å²) < 4.78 is 5.24. The van der Waals surface area contributed by atoms with Gasteiger partial charge in [0.15, 0.2) is 0 Å². The van der Waals surface area contributed by atoms with Gasteiger partial charge in [-0.05, 0) is 13.0 Å². The number of nitro groups is 1. The van der Waals surface area contributed by atoms with Crippen LogP contribution in [-0.4, -0.2) is 35.8 Å². The van der Waals surface area contributed by atoms with Gasteiger partial charge < -0.3 is 15.2 Å². The number of para-hydroxylation sites is 1. The fourth-order valence-corrected chi connectivity index (χ4v) is 1.55.